The van der Waals surface area contributed by atoms with Crippen molar-refractivity contribution in [2.24, 2.45) is 0 Å². The second-order valence-corrected chi connectivity index (χ2v) is 11.5. The average Bonchev–Trinajstić information content (AvgIpc) is 3.41. The first-order valence-electron chi connectivity index (χ1n) is 14.8. The smallest absolute Gasteiger partial charge is 0.450 e. The van der Waals surface area contributed by atoms with E-state index in [1.807, 2.05) is 49.5 Å². The van der Waals surface area contributed by atoms with E-state index in [4.69, 9.17) is 14.2 Å². The number of nitrogens with one attached hydrogen (secondary N) is 1. The van der Waals surface area contributed by atoms with E-state index in [1.54, 1.807) is 48.7 Å². The van der Waals surface area contributed by atoms with Crippen LogP contribution in [0.3, 0.4) is 0 Å². The minimum Gasteiger partial charge on any atom is -0.450 e. The number of benzene rings is 3. The SMILES string of the molecule is CCOC(=O)Nc1ccc(-c2sc3c(c2CN(C)Cc2ccccc2)c(=O)c(OC(=O)OCC)cn3Cc2ccccc2F)cc1. The monoisotopic (exact) mass is 643 g/mol. The largest absolute Gasteiger partial charge is 0.514 e. The van der Waals surface area contributed by atoms with Gasteiger partial charge in [-0.05, 0) is 55.8 Å². The quantitative estimate of drug-likeness (QED) is 0.148. The number of fused-ring (bicyclic) bond motifs is 1. The number of halogens is 1. The van der Waals surface area contributed by atoms with Gasteiger partial charge >= 0.3 is 12.2 Å². The number of pyridine rings is 1. The predicted molar refractivity (Wildman–Crippen MR) is 177 cm³/mol. The van der Waals surface area contributed by atoms with Crippen molar-refractivity contribution in [1.29, 1.82) is 0 Å². The van der Waals surface area contributed by atoms with Gasteiger partial charge in [-0.15, -0.1) is 11.3 Å². The molecule has 2 heterocycles. The fourth-order valence-corrected chi connectivity index (χ4v) is 6.39. The van der Waals surface area contributed by atoms with Gasteiger partial charge in [-0.3, -0.25) is 15.0 Å². The van der Waals surface area contributed by atoms with Crippen molar-refractivity contribution in [3.8, 4) is 16.2 Å². The molecule has 0 aliphatic heterocycles. The van der Waals surface area contributed by atoms with Gasteiger partial charge in [0.25, 0.3) is 0 Å². The van der Waals surface area contributed by atoms with E-state index < -0.39 is 23.5 Å². The van der Waals surface area contributed by atoms with E-state index in [-0.39, 0.29) is 25.5 Å². The molecule has 2 aromatic heterocycles. The first kappa shape index (κ1) is 32.4. The second-order valence-electron chi connectivity index (χ2n) is 10.5. The predicted octanol–water partition coefficient (Wildman–Crippen LogP) is 7.65. The maximum Gasteiger partial charge on any atom is 0.514 e. The number of hydrogen-bond acceptors (Lipinski definition) is 8. The molecule has 0 saturated carbocycles. The molecule has 0 radical (unpaired) electrons. The maximum atomic E-state index is 14.8. The summed E-state index contributed by atoms with van der Waals surface area (Å²) in [7, 11) is 1.96. The molecule has 1 amide bonds. The third kappa shape index (κ3) is 7.61. The summed E-state index contributed by atoms with van der Waals surface area (Å²) in [6.45, 7) is 4.77. The van der Waals surface area contributed by atoms with E-state index in [9.17, 15) is 18.8 Å². The molecule has 11 heteroatoms. The summed E-state index contributed by atoms with van der Waals surface area (Å²) in [6.07, 6.45) is -0.128. The Morgan fingerprint density at radius 2 is 1.61 bits per heavy atom. The molecule has 1 N–H and O–H groups in total. The molecule has 5 aromatic rings. The van der Waals surface area contributed by atoms with E-state index in [2.05, 4.69) is 10.2 Å². The highest BCUT2D eigenvalue weighted by atomic mass is 32.1. The van der Waals surface area contributed by atoms with E-state index in [0.29, 0.717) is 34.6 Å². The zero-order chi connectivity index (χ0) is 32.6. The molecule has 0 aliphatic rings. The molecule has 0 unspecified atom stereocenters. The highest BCUT2D eigenvalue weighted by Crippen LogP contribution is 2.40. The van der Waals surface area contributed by atoms with Gasteiger partial charge in [0.2, 0.25) is 5.43 Å². The zero-order valence-electron chi connectivity index (χ0n) is 25.7. The minimum atomic E-state index is -1.00. The van der Waals surface area contributed by atoms with Crippen molar-refractivity contribution < 1.29 is 28.2 Å². The fourth-order valence-electron chi connectivity index (χ4n) is 5.10. The van der Waals surface area contributed by atoms with Gasteiger partial charge in [-0.1, -0.05) is 60.7 Å². The van der Waals surface area contributed by atoms with Gasteiger partial charge in [-0.25, -0.2) is 14.0 Å². The van der Waals surface area contributed by atoms with Crippen molar-refractivity contribution in [2.75, 3.05) is 25.6 Å². The lowest BCUT2D eigenvalue weighted by Crippen LogP contribution is -2.21. The molecular formula is C35H34FN3O6S. The van der Waals surface area contributed by atoms with Crippen LogP contribution in [0.15, 0.2) is 89.9 Å². The third-order valence-electron chi connectivity index (χ3n) is 7.12. The summed E-state index contributed by atoms with van der Waals surface area (Å²) in [5.74, 6) is -0.612. The number of hydrogen-bond donors (Lipinski definition) is 1. The highest BCUT2D eigenvalue weighted by molar-refractivity contribution is 7.22. The van der Waals surface area contributed by atoms with Crippen molar-refractivity contribution in [3.05, 3.63) is 118 Å². The number of ether oxygens (including phenoxy) is 3. The Morgan fingerprint density at radius 3 is 2.30 bits per heavy atom. The molecule has 3 aromatic carbocycles. The molecule has 0 saturated heterocycles. The average molecular weight is 644 g/mol. The molecular weight excluding hydrogens is 609 g/mol. The van der Waals surface area contributed by atoms with Crippen LogP contribution in [0.5, 0.6) is 5.75 Å². The summed E-state index contributed by atoms with van der Waals surface area (Å²) < 4.78 is 31.9. The van der Waals surface area contributed by atoms with Gasteiger partial charge in [0.05, 0.1) is 31.3 Å². The highest BCUT2D eigenvalue weighted by Gasteiger charge is 2.24. The summed E-state index contributed by atoms with van der Waals surface area (Å²) >= 11 is 1.39. The van der Waals surface area contributed by atoms with Gasteiger partial charge < -0.3 is 18.8 Å². The van der Waals surface area contributed by atoms with Gasteiger partial charge in [0, 0.05) is 29.2 Å². The van der Waals surface area contributed by atoms with Crippen LogP contribution in [0.25, 0.3) is 20.7 Å². The number of carbonyl (C=O) groups excluding carboxylic acids is 2. The minimum absolute atomic E-state index is 0.0731. The van der Waals surface area contributed by atoms with Crippen molar-refractivity contribution >= 4 is 39.5 Å². The third-order valence-corrected chi connectivity index (χ3v) is 8.44. The normalized spacial score (nSPS) is 11.1. The van der Waals surface area contributed by atoms with Crippen molar-refractivity contribution in [1.82, 2.24) is 9.47 Å². The number of carbonyl (C=O) groups is 2. The lowest BCUT2D eigenvalue weighted by molar-refractivity contribution is 0.104. The van der Waals surface area contributed by atoms with Crippen molar-refractivity contribution in [3.63, 3.8) is 0 Å². The Hall–Kier alpha value is -5.00. The molecule has 0 atom stereocenters. The standard InChI is InChI=1S/C35H34FN3O6S/c1-4-43-34(41)37-26-17-15-24(16-18-26)32-27(21-38(3)19-23-11-7-6-8-12-23)30-31(40)29(45-35(42)44-5-2)22-39(33(30)46-32)20-25-13-9-10-14-28(25)36/h6-18,22H,4-5,19-21H2,1-3H3,(H,37,41). The van der Waals surface area contributed by atoms with Crippen LogP contribution in [-0.2, 0) is 29.1 Å². The Morgan fingerprint density at radius 1 is 0.913 bits per heavy atom. The van der Waals surface area contributed by atoms with Crippen LogP contribution in [0.1, 0.15) is 30.5 Å². The van der Waals surface area contributed by atoms with Crippen LogP contribution < -0.4 is 15.5 Å². The Labute approximate surface area is 269 Å². The molecule has 0 spiro atoms. The lowest BCUT2D eigenvalue weighted by Gasteiger charge is -2.18. The van der Waals surface area contributed by atoms with Crippen LogP contribution in [-0.4, -0.2) is 42.0 Å². The van der Waals surface area contributed by atoms with Crippen LogP contribution in [0.4, 0.5) is 19.7 Å². The second kappa shape index (κ2) is 14.9. The van der Waals surface area contributed by atoms with Crippen molar-refractivity contribution in [2.45, 2.75) is 33.5 Å². The summed E-state index contributed by atoms with van der Waals surface area (Å²) in [6, 6.07) is 23.6. The van der Waals surface area contributed by atoms with E-state index in [1.165, 1.54) is 23.6 Å². The fraction of sp³-hybridized carbons (Fsp3) is 0.229. The van der Waals surface area contributed by atoms with E-state index >= 15 is 0 Å². The molecule has 0 aliphatic carbocycles. The number of amides is 1. The summed E-state index contributed by atoms with van der Waals surface area (Å²) in [5.41, 5.74) is 3.12. The molecule has 0 fully saturated rings. The Kier molecular flexibility index (Phi) is 10.5. The first-order chi connectivity index (χ1) is 22.3. The van der Waals surface area contributed by atoms with E-state index in [0.717, 1.165) is 21.6 Å². The number of thiophene rings is 1. The Balaban J connectivity index is 1.67. The molecule has 46 heavy (non-hydrogen) atoms. The van der Waals surface area contributed by atoms with Crippen LogP contribution in [0.2, 0.25) is 0 Å². The lowest BCUT2D eigenvalue weighted by atomic mass is 10.0. The number of nitrogens with zero attached hydrogens (tertiary/aromatic N) is 2. The molecule has 5 rings (SSSR count). The topological polar surface area (TPSA) is 99.1 Å². The number of rotatable bonds is 11. The van der Waals surface area contributed by atoms with Gasteiger partial charge in [0.1, 0.15) is 10.6 Å². The Bertz CT molecular complexity index is 1890. The maximum absolute atomic E-state index is 14.8. The molecule has 9 nitrogen and oxygen atoms in total. The first-order valence-corrected chi connectivity index (χ1v) is 15.6. The van der Waals surface area contributed by atoms with Crippen LogP contribution >= 0.6 is 11.3 Å². The van der Waals surface area contributed by atoms with Gasteiger partial charge in [0.15, 0.2) is 5.75 Å². The van der Waals surface area contributed by atoms with Crippen LogP contribution in [0, 0.1) is 5.82 Å². The molecule has 238 valence electrons. The number of aromatic nitrogens is 1. The number of anilines is 1. The zero-order valence-corrected chi connectivity index (χ0v) is 26.6. The molecule has 0 bridgehead atoms. The summed E-state index contributed by atoms with van der Waals surface area (Å²) in [5, 5.41) is 3.06. The van der Waals surface area contributed by atoms with Gasteiger partial charge in [-0.2, -0.15) is 0 Å². The summed E-state index contributed by atoms with van der Waals surface area (Å²) in [4.78, 5) is 41.9.